The van der Waals surface area contributed by atoms with Crippen LogP contribution in [0.25, 0.3) is 0 Å². The van der Waals surface area contributed by atoms with Gasteiger partial charge >= 0.3 is 0 Å². The van der Waals surface area contributed by atoms with Crippen molar-refractivity contribution in [2.45, 2.75) is 32.2 Å². The van der Waals surface area contributed by atoms with E-state index < -0.39 is 6.04 Å². The fourth-order valence-electron chi connectivity index (χ4n) is 4.37. The number of amides is 2. The van der Waals surface area contributed by atoms with E-state index in [1.807, 2.05) is 25.1 Å². The summed E-state index contributed by atoms with van der Waals surface area (Å²) in [4.78, 5) is 27.9. The minimum atomic E-state index is -0.440. The summed E-state index contributed by atoms with van der Waals surface area (Å²) < 4.78 is 24.3. The van der Waals surface area contributed by atoms with Crippen LogP contribution in [0.3, 0.4) is 0 Å². The molecule has 1 aliphatic heterocycles. The summed E-state index contributed by atoms with van der Waals surface area (Å²) >= 11 is 0. The van der Waals surface area contributed by atoms with Crippen molar-refractivity contribution in [1.82, 2.24) is 5.32 Å². The third kappa shape index (κ3) is 6.77. The Balaban J connectivity index is 1.47. The molecule has 7 heteroatoms. The van der Waals surface area contributed by atoms with Crippen molar-refractivity contribution < 1.29 is 23.5 Å². The lowest BCUT2D eigenvalue weighted by molar-refractivity contribution is -0.128. The summed E-state index contributed by atoms with van der Waals surface area (Å²) in [5.74, 6) is 0.399. The van der Waals surface area contributed by atoms with Gasteiger partial charge in [-0.25, -0.2) is 9.29 Å². The zero-order chi connectivity index (χ0) is 25.3. The van der Waals surface area contributed by atoms with Gasteiger partial charge in [0.15, 0.2) is 0 Å². The molecule has 1 saturated heterocycles. The Bertz CT molecular complexity index is 1140. The first-order valence-corrected chi connectivity index (χ1v) is 12.3. The highest BCUT2D eigenvalue weighted by Gasteiger charge is 2.35. The van der Waals surface area contributed by atoms with E-state index in [1.54, 1.807) is 24.3 Å². The first-order chi connectivity index (χ1) is 17.5. The summed E-state index contributed by atoms with van der Waals surface area (Å²) in [6.45, 7) is 3.33. The first kappa shape index (κ1) is 25.5. The predicted octanol–water partition coefficient (Wildman–Crippen LogP) is 5.13. The van der Waals surface area contributed by atoms with E-state index >= 15 is 0 Å². The Kier molecular flexibility index (Phi) is 8.81. The van der Waals surface area contributed by atoms with Gasteiger partial charge in [-0.05, 0) is 86.3 Å². The monoisotopic (exact) mass is 490 g/mol. The lowest BCUT2D eigenvalue weighted by atomic mass is 9.96. The zero-order valence-corrected chi connectivity index (χ0v) is 20.4. The summed E-state index contributed by atoms with van der Waals surface area (Å²) in [6.07, 6.45) is 1.65. The van der Waals surface area contributed by atoms with Crippen LogP contribution in [0.15, 0.2) is 78.9 Å². The molecule has 0 aliphatic carbocycles. The fraction of sp³-hybridized carbons (Fsp3) is 0.310. The maximum atomic E-state index is 13.6. The highest BCUT2D eigenvalue weighted by Crippen LogP contribution is 2.27. The molecule has 0 spiro atoms. The van der Waals surface area contributed by atoms with Gasteiger partial charge in [-0.3, -0.25) is 9.59 Å². The number of halogens is 1. The molecule has 0 saturated carbocycles. The van der Waals surface area contributed by atoms with Gasteiger partial charge in [-0.1, -0.05) is 30.3 Å². The van der Waals surface area contributed by atoms with Crippen LogP contribution in [0.1, 0.15) is 25.3 Å². The van der Waals surface area contributed by atoms with E-state index in [0.717, 1.165) is 13.0 Å². The second kappa shape index (κ2) is 12.4. The number of nitrogens with zero attached hydrogens (tertiary/aromatic N) is 1. The van der Waals surface area contributed by atoms with Crippen molar-refractivity contribution in [3.05, 3.63) is 90.2 Å². The Morgan fingerprint density at radius 1 is 0.972 bits per heavy atom. The smallest absolute Gasteiger partial charge is 0.250 e. The van der Waals surface area contributed by atoms with E-state index in [0.29, 0.717) is 36.1 Å². The molecule has 3 aromatic rings. The van der Waals surface area contributed by atoms with Gasteiger partial charge in [0.2, 0.25) is 5.91 Å². The van der Waals surface area contributed by atoms with Gasteiger partial charge < -0.3 is 14.8 Å². The second-order valence-electron chi connectivity index (χ2n) is 8.82. The molecule has 6 nitrogen and oxygen atoms in total. The molecule has 2 amide bonds. The molecule has 36 heavy (non-hydrogen) atoms. The molecule has 188 valence electrons. The van der Waals surface area contributed by atoms with Gasteiger partial charge in [-0.15, -0.1) is 0 Å². The maximum Gasteiger partial charge on any atom is 0.250 e. The van der Waals surface area contributed by atoms with Crippen LogP contribution in [0.2, 0.25) is 0 Å². The minimum Gasteiger partial charge on any atom is -0.457 e. The van der Waals surface area contributed by atoms with E-state index in [1.165, 1.54) is 34.7 Å². The molecular weight excluding hydrogens is 459 g/mol. The van der Waals surface area contributed by atoms with E-state index in [4.69, 9.17) is 9.47 Å². The third-order valence-corrected chi connectivity index (χ3v) is 6.17. The third-order valence-electron chi connectivity index (χ3n) is 6.17. The maximum absolute atomic E-state index is 13.6. The normalized spacial score (nSPS) is 17.1. The van der Waals surface area contributed by atoms with Crippen LogP contribution in [0.5, 0.6) is 11.5 Å². The molecule has 3 aromatic carbocycles. The largest absolute Gasteiger partial charge is 0.457 e. The van der Waals surface area contributed by atoms with Crippen molar-refractivity contribution >= 4 is 17.5 Å². The summed E-state index contributed by atoms with van der Waals surface area (Å²) in [6, 6.07) is 22.2. The standard InChI is InChI=1S/C29H31FN2O4/c1-2-35-17-16-28(33)32(24-10-14-26(15-11-24)36-25-12-8-23(30)9-13-25)29(34)27-19-22(20-31-27)18-21-6-4-3-5-7-21/h3-15,22,27,31H,2,16-20H2,1H3. The second-order valence-corrected chi connectivity index (χ2v) is 8.82. The van der Waals surface area contributed by atoms with Crippen molar-refractivity contribution in [3.8, 4) is 11.5 Å². The number of nitrogens with one attached hydrogen (secondary N) is 1. The molecule has 4 rings (SSSR count). The predicted molar refractivity (Wildman–Crippen MR) is 137 cm³/mol. The van der Waals surface area contributed by atoms with Crippen molar-refractivity contribution in [3.63, 3.8) is 0 Å². The van der Waals surface area contributed by atoms with Gasteiger partial charge in [0, 0.05) is 6.61 Å². The number of ether oxygens (including phenoxy) is 2. The number of anilines is 1. The Morgan fingerprint density at radius 3 is 2.31 bits per heavy atom. The molecular formula is C29H31FN2O4. The highest BCUT2D eigenvalue weighted by molar-refractivity contribution is 6.16. The minimum absolute atomic E-state index is 0.105. The number of carbonyl (C=O) groups excluding carboxylic acids is 2. The van der Waals surface area contributed by atoms with Crippen LogP contribution in [0.4, 0.5) is 10.1 Å². The summed E-state index contributed by atoms with van der Waals surface area (Å²) in [5.41, 5.74) is 1.71. The Labute approximate surface area is 211 Å². The molecule has 0 bridgehead atoms. The van der Waals surface area contributed by atoms with Crippen molar-refractivity contribution in [2.24, 2.45) is 5.92 Å². The van der Waals surface area contributed by atoms with E-state index in [9.17, 15) is 14.0 Å². The van der Waals surface area contributed by atoms with Crippen LogP contribution < -0.4 is 15.0 Å². The van der Waals surface area contributed by atoms with Crippen molar-refractivity contribution in [1.29, 1.82) is 0 Å². The molecule has 2 unspecified atom stereocenters. The molecule has 1 heterocycles. The van der Waals surface area contributed by atoms with Gasteiger partial charge in [0.05, 0.1) is 24.8 Å². The molecule has 1 aliphatic rings. The molecule has 0 aromatic heterocycles. The Hall–Kier alpha value is -3.55. The van der Waals surface area contributed by atoms with E-state index in [-0.39, 0.29) is 30.7 Å². The topological polar surface area (TPSA) is 67.9 Å². The van der Waals surface area contributed by atoms with Crippen LogP contribution >= 0.6 is 0 Å². The summed E-state index contributed by atoms with van der Waals surface area (Å²) in [5, 5.41) is 3.32. The number of hydrogen-bond donors (Lipinski definition) is 1. The van der Waals surface area contributed by atoms with Gasteiger partial charge in [0.25, 0.3) is 5.91 Å². The number of carbonyl (C=O) groups is 2. The lowest BCUT2D eigenvalue weighted by Crippen LogP contribution is -2.47. The first-order valence-electron chi connectivity index (χ1n) is 12.3. The lowest BCUT2D eigenvalue weighted by Gasteiger charge is -2.24. The number of imide groups is 1. The summed E-state index contributed by atoms with van der Waals surface area (Å²) in [7, 11) is 0. The SMILES string of the molecule is CCOCCC(=O)N(C(=O)C1CC(Cc2ccccc2)CN1)c1ccc(Oc2ccc(F)cc2)cc1. The van der Waals surface area contributed by atoms with Gasteiger partial charge in [0.1, 0.15) is 17.3 Å². The highest BCUT2D eigenvalue weighted by atomic mass is 19.1. The van der Waals surface area contributed by atoms with Crippen LogP contribution in [-0.2, 0) is 20.7 Å². The number of hydrogen-bond acceptors (Lipinski definition) is 5. The van der Waals surface area contributed by atoms with E-state index in [2.05, 4.69) is 17.4 Å². The molecule has 0 radical (unpaired) electrons. The fourth-order valence-corrected chi connectivity index (χ4v) is 4.37. The molecule has 1 N–H and O–H groups in total. The number of benzene rings is 3. The molecule has 2 atom stereocenters. The quantitative estimate of drug-likeness (QED) is 0.400. The molecule has 1 fully saturated rings. The average Bonchev–Trinajstić information content (AvgIpc) is 3.36. The average molecular weight is 491 g/mol. The van der Waals surface area contributed by atoms with Crippen molar-refractivity contribution in [2.75, 3.05) is 24.7 Å². The Morgan fingerprint density at radius 2 is 1.64 bits per heavy atom. The zero-order valence-electron chi connectivity index (χ0n) is 20.4. The van der Waals surface area contributed by atoms with Crippen LogP contribution in [-0.4, -0.2) is 37.6 Å². The number of rotatable bonds is 10. The van der Waals surface area contributed by atoms with Gasteiger partial charge in [-0.2, -0.15) is 0 Å². The van der Waals surface area contributed by atoms with Crippen LogP contribution in [0, 0.1) is 11.7 Å².